The lowest BCUT2D eigenvalue weighted by Gasteiger charge is -2.15. The van der Waals surface area contributed by atoms with E-state index in [-0.39, 0.29) is 11.3 Å². The van der Waals surface area contributed by atoms with Gasteiger partial charge in [-0.3, -0.25) is 9.59 Å². The molecule has 142 valence electrons. The maximum atomic E-state index is 12.5. The topological polar surface area (TPSA) is 116 Å². The van der Waals surface area contributed by atoms with Gasteiger partial charge in [0.2, 0.25) is 0 Å². The van der Waals surface area contributed by atoms with Gasteiger partial charge in [-0.1, -0.05) is 12.1 Å². The van der Waals surface area contributed by atoms with Gasteiger partial charge in [0.15, 0.2) is 11.9 Å². The molecule has 0 aliphatic heterocycles. The molecule has 9 heteroatoms. The number of ether oxygens (including phenoxy) is 1. The molecule has 0 aliphatic rings. The van der Waals surface area contributed by atoms with Crippen molar-refractivity contribution in [2.75, 3.05) is 5.32 Å². The van der Waals surface area contributed by atoms with Crippen molar-refractivity contribution in [3.05, 3.63) is 66.0 Å². The Morgan fingerprint density at radius 2 is 1.79 bits per heavy atom. The minimum atomic E-state index is -1.04. The number of nitrogens with zero attached hydrogens (tertiary/aromatic N) is 4. The summed E-state index contributed by atoms with van der Waals surface area (Å²) in [6.07, 6.45) is 0.314. The molecule has 3 rings (SSSR count). The van der Waals surface area contributed by atoms with E-state index in [4.69, 9.17) is 4.74 Å². The smallest absolute Gasteiger partial charge is 0.341 e. The van der Waals surface area contributed by atoms with Crippen LogP contribution in [0.25, 0.3) is 5.69 Å². The molecule has 1 atom stereocenters. The van der Waals surface area contributed by atoms with Gasteiger partial charge in [-0.05, 0) is 60.7 Å². The van der Waals surface area contributed by atoms with Crippen molar-refractivity contribution in [1.82, 2.24) is 20.2 Å². The van der Waals surface area contributed by atoms with Crippen LogP contribution >= 0.6 is 0 Å². The normalized spacial score (nSPS) is 11.5. The fourth-order valence-electron chi connectivity index (χ4n) is 2.43. The molecule has 0 bridgehead atoms. The number of rotatable bonds is 6. The van der Waals surface area contributed by atoms with E-state index in [1.165, 1.54) is 24.9 Å². The van der Waals surface area contributed by atoms with Crippen LogP contribution in [-0.2, 0) is 9.53 Å². The molecule has 0 unspecified atom stereocenters. The van der Waals surface area contributed by atoms with Gasteiger partial charge >= 0.3 is 5.97 Å². The Hall–Kier alpha value is -3.88. The number of benzene rings is 2. The molecule has 0 fully saturated rings. The summed E-state index contributed by atoms with van der Waals surface area (Å²) in [6, 6.07) is 13.1. The van der Waals surface area contributed by atoms with Crippen molar-refractivity contribution >= 4 is 23.3 Å². The number of hydrogen-bond acceptors (Lipinski definition) is 7. The summed E-state index contributed by atoms with van der Waals surface area (Å²) in [7, 11) is 0. The Morgan fingerprint density at radius 3 is 2.43 bits per heavy atom. The first-order valence-corrected chi connectivity index (χ1v) is 8.41. The van der Waals surface area contributed by atoms with Crippen LogP contribution in [-0.4, -0.2) is 44.0 Å². The molecule has 3 aromatic rings. The van der Waals surface area contributed by atoms with Crippen molar-refractivity contribution < 1.29 is 19.1 Å². The van der Waals surface area contributed by atoms with Gasteiger partial charge in [0.1, 0.15) is 6.33 Å². The highest BCUT2D eigenvalue weighted by Gasteiger charge is 2.21. The second-order valence-electron chi connectivity index (χ2n) is 5.94. The van der Waals surface area contributed by atoms with Crippen molar-refractivity contribution in [2.45, 2.75) is 20.0 Å². The minimum Gasteiger partial charge on any atom is -0.449 e. The number of tetrazole rings is 1. The molecule has 0 saturated heterocycles. The molecule has 1 aromatic heterocycles. The molecule has 0 spiro atoms. The van der Waals surface area contributed by atoms with Crippen LogP contribution < -0.4 is 5.32 Å². The number of Topliss-reactive ketones (excluding diaryl/α,β-unsaturated/α-hetero) is 1. The largest absolute Gasteiger partial charge is 0.449 e. The Morgan fingerprint density at radius 1 is 1.07 bits per heavy atom. The number of amides is 1. The number of esters is 1. The van der Waals surface area contributed by atoms with E-state index in [1.807, 2.05) is 0 Å². The number of nitrogens with one attached hydrogen (secondary N) is 1. The third kappa shape index (κ3) is 4.26. The second-order valence-corrected chi connectivity index (χ2v) is 5.94. The highest BCUT2D eigenvalue weighted by Crippen LogP contribution is 2.16. The van der Waals surface area contributed by atoms with Crippen molar-refractivity contribution in [3.8, 4) is 5.69 Å². The van der Waals surface area contributed by atoms with Gasteiger partial charge in [-0.2, -0.15) is 4.68 Å². The van der Waals surface area contributed by atoms with E-state index < -0.39 is 18.0 Å². The van der Waals surface area contributed by atoms with Gasteiger partial charge < -0.3 is 10.1 Å². The summed E-state index contributed by atoms with van der Waals surface area (Å²) in [5.41, 5.74) is 1.69. The zero-order valence-electron chi connectivity index (χ0n) is 15.2. The first kappa shape index (κ1) is 18.9. The Labute approximate surface area is 160 Å². The lowest BCUT2D eigenvalue weighted by molar-refractivity contribution is -0.123. The Balaban J connectivity index is 1.67. The summed E-state index contributed by atoms with van der Waals surface area (Å²) in [6.45, 7) is 2.93. The number of anilines is 1. The molecule has 1 N–H and O–H groups in total. The van der Waals surface area contributed by atoms with Crippen LogP contribution in [0.3, 0.4) is 0 Å². The third-order valence-electron chi connectivity index (χ3n) is 3.93. The highest BCUT2D eigenvalue weighted by molar-refractivity contribution is 5.99. The second kappa shape index (κ2) is 8.21. The molecular weight excluding hydrogens is 362 g/mol. The number of carbonyl (C=O) groups is 3. The van der Waals surface area contributed by atoms with Crippen LogP contribution in [0.2, 0.25) is 0 Å². The summed E-state index contributed by atoms with van der Waals surface area (Å²) in [5, 5.41) is 13.5. The first-order chi connectivity index (χ1) is 13.5. The zero-order valence-corrected chi connectivity index (χ0v) is 15.2. The van der Waals surface area contributed by atoms with Crippen LogP contribution in [0.15, 0.2) is 54.9 Å². The van der Waals surface area contributed by atoms with Gasteiger partial charge in [-0.15, -0.1) is 5.10 Å². The number of para-hydroxylation sites is 1. The summed E-state index contributed by atoms with van der Waals surface area (Å²) >= 11 is 0. The highest BCUT2D eigenvalue weighted by atomic mass is 16.5. The number of hydrogen-bond donors (Lipinski definition) is 1. The lowest BCUT2D eigenvalue weighted by atomic mass is 10.1. The molecule has 9 nitrogen and oxygen atoms in total. The van der Waals surface area contributed by atoms with Gasteiger partial charge in [0, 0.05) is 11.3 Å². The standard InChI is InChI=1S/C19H17N5O4/c1-12(25)14-7-9-15(10-8-14)21-18(26)13(2)28-19(27)16-5-3-4-6-17(16)24-11-20-22-23-24/h3-11,13H,1-2H3,(H,21,26)/t13-/m0/s1. The van der Waals surface area contributed by atoms with Crippen molar-refractivity contribution in [1.29, 1.82) is 0 Å². The molecule has 0 radical (unpaired) electrons. The summed E-state index contributed by atoms with van der Waals surface area (Å²) in [5.74, 6) is -1.24. The third-order valence-corrected chi connectivity index (χ3v) is 3.93. The predicted octanol–water partition coefficient (Wildman–Crippen LogP) is 2.05. The molecular formula is C19H17N5O4. The van der Waals surface area contributed by atoms with Crippen LogP contribution in [0.4, 0.5) is 5.69 Å². The molecule has 28 heavy (non-hydrogen) atoms. The summed E-state index contributed by atoms with van der Waals surface area (Å²) in [4.78, 5) is 36.1. The predicted molar refractivity (Wildman–Crippen MR) is 99.1 cm³/mol. The van der Waals surface area contributed by atoms with E-state index in [2.05, 4.69) is 20.8 Å². The van der Waals surface area contributed by atoms with Crippen molar-refractivity contribution in [2.24, 2.45) is 0 Å². The Bertz CT molecular complexity index is 999. The first-order valence-electron chi connectivity index (χ1n) is 8.41. The monoisotopic (exact) mass is 379 g/mol. The average molecular weight is 379 g/mol. The average Bonchev–Trinajstić information content (AvgIpc) is 3.23. The van der Waals surface area contributed by atoms with E-state index in [0.29, 0.717) is 16.9 Å². The van der Waals surface area contributed by atoms with Gasteiger partial charge in [0.25, 0.3) is 5.91 Å². The number of ketones is 1. The maximum Gasteiger partial charge on any atom is 0.341 e. The fourth-order valence-corrected chi connectivity index (χ4v) is 2.43. The Kier molecular flexibility index (Phi) is 5.54. The van der Waals surface area contributed by atoms with Crippen LogP contribution in [0.5, 0.6) is 0 Å². The molecule has 2 aromatic carbocycles. The lowest BCUT2D eigenvalue weighted by Crippen LogP contribution is -2.30. The zero-order chi connectivity index (χ0) is 20.1. The SMILES string of the molecule is CC(=O)c1ccc(NC(=O)[C@H](C)OC(=O)c2ccccc2-n2cnnn2)cc1. The van der Waals surface area contributed by atoms with E-state index in [9.17, 15) is 14.4 Å². The molecule has 1 amide bonds. The van der Waals surface area contributed by atoms with Gasteiger partial charge in [0.05, 0.1) is 11.3 Å². The summed E-state index contributed by atoms with van der Waals surface area (Å²) < 4.78 is 6.62. The molecule has 0 saturated carbocycles. The van der Waals surface area contributed by atoms with Crippen LogP contribution in [0.1, 0.15) is 34.6 Å². The number of aromatic nitrogens is 4. The molecule has 0 aliphatic carbocycles. The van der Waals surface area contributed by atoms with E-state index >= 15 is 0 Å². The minimum absolute atomic E-state index is 0.0681. The van der Waals surface area contributed by atoms with Crippen molar-refractivity contribution in [3.63, 3.8) is 0 Å². The number of carbonyl (C=O) groups excluding carboxylic acids is 3. The fraction of sp³-hybridized carbons (Fsp3) is 0.158. The maximum absolute atomic E-state index is 12.5. The molecule has 1 heterocycles. The quantitative estimate of drug-likeness (QED) is 0.515. The van der Waals surface area contributed by atoms with Crippen LogP contribution in [0, 0.1) is 0 Å². The van der Waals surface area contributed by atoms with E-state index in [0.717, 1.165) is 0 Å². The van der Waals surface area contributed by atoms with E-state index in [1.54, 1.807) is 48.5 Å². The van der Waals surface area contributed by atoms with Gasteiger partial charge in [-0.25, -0.2) is 4.79 Å².